The molecule has 9 heteroatoms. The molecule has 0 saturated carbocycles. The van der Waals surface area contributed by atoms with Crippen LogP contribution in [-0.2, 0) is 9.53 Å². The Kier molecular flexibility index (Phi) is 9.14. The first-order valence-corrected chi connectivity index (χ1v) is 14.1. The quantitative estimate of drug-likeness (QED) is 0.298. The summed E-state index contributed by atoms with van der Waals surface area (Å²) in [5, 5.41) is 3.61. The van der Waals surface area contributed by atoms with Gasteiger partial charge in [-0.25, -0.2) is 4.98 Å². The second-order valence-electron chi connectivity index (χ2n) is 10.2. The Morgan fingerprint density at radius 1 is 0.976 bits per heavy atom. The smallest absolute Gasteiger partial charge is 0.254 e. The number of morpholine rings is 1. The largest absolute Gasteiger partial charge is 0.379 e. The summed E-state index contributed by atoms with van der Waals surface area (Å²) in [5.41, 5.74) is 5.29. The monoisotopic (exact) mass is 571 g/mol. The number of nitrogens with one attached hydrogen (secondary N) is 1. The van der Waals surface area contributed by atoms with E-state index >= 15 is 0 Å². The zero-order valence-electron chi connectivity index (χ0n) is 23.3. The summed E-state index contributed by atoms with van der Waals surface area (Å²) in [7, 11) is 0. The fourth-order valence-corrected chi connectivity index (χ4v) is 4.87. The van der Waals surface area contributed by atoms with Gasteiger partial charge in [-0.05, 0) is 61.4 Å². The highest BCUT2D eigenvalue weighted by molar-refractivity contribution is 6.30. The van der Waals surface area contributed by atoms with Gasteiger partial charge in [0.05, 0.1) is 18.9 Å². The molecule has 3 aromatic carbocycles. The van der Waals surface area contributed by atoms with Crippen LogP contribution in [0.25, 0.3) is 16.9 Å². The zero-order valence-corrected chi connectivity index (χ0v) is 24.1. The lowest BCUT2D eigenvalue weighted by Gasteiger charge is -2.30. The Morgan fingerprint density at radius 2 is 1.71 bits per heavy atom. The van der Waals surface area contributed by atoms with Crippen LogP contribution in [0.4, 0.5) is 5.95 Å². The summed E-state index contributed by atoms with van der Waals surface area (Å²) in [4.78, 5) is 35.6. The van der Waals surface area contributed by atoms with Gasteiger partial charge in [-0.15, -0.1) is 0 Å². The van der Waals surface area contributed by atoms with Crippen LogP contribution >= 0.6 is 11.6 Å². The van der Waals surface area contributed by atoms with Crippen molar-refractivity contribution in [1.82, 2.24) is 19.4 Å². The average molecular weight is 572 g/mol. The summed E-state index contributed by atoms with van der Waals surface area (Å²) < 4.78 is 7.32. The molecule has 212 valence electrons. The minimum atomic E-state index is -0.324. The lowest BCUT2D eigenvalue weighted by Crippen LogP contribution is -2.45. The van der Waals surface area contributed by atoms with Gasteiger partial charge < -0.3 is 9.64 Å². The van der Waals surface area contributed by atoms with Gasteiger partial charge in [-0.3, -0.25) is 24.4 Å². The summed E-state index contributed by atoms with van der Waals surface area (Å²) in [6, 6.07) is 22.6. The van der Waals surface area contributed by atoms with Crippen molar-refractivity contribution in [1.29, 1.82) is 0 Å². The zero-order chi connectivity index (χ0) is 28.8. The molecule has 2 heterocycles. The number of carbonyl (C=O) groups is 2. The van der Waals surface area contributed by atoms with E-state index in [4.69, 9.17) is 21.3 Å². The van der Waals surface area contributed by atoms with E-state index in [0.717, 1.165) is 29.9 Å². The molecule has 0 radical (unpaired) electrons. The number of hydrogen-bond acceptors (Lipinski definition) is 5. The van der Waals surface area contributed by atoms with Gasteiger partial charge in [0.2, 0.25) is 11.9 Å². The average Bonchev–Trinajstić information content (AvgIpc) is 3.41. The standard InChI is InChI=1S/C32H34ClN5O3/c1-23-8-13-28(20-24(23)2)38-21-29(25-9-11-27(33)12-10-25)34-32(38)35-30(39)22-37(15-14-36-16-18-41-19-17-36)31(40)26-6-4-3-5-7-26/h3-13,20-21H,14-19,22H2,1-2H3,(H,34,35,39). The number of imidazole rings is 1. The molecule has 1 N–H and O–H groups in total. The number of aryl methyl sites for hydroxylation is 2. The fraction of sp³-hybridized carbons (Fsp3) is 0.281. The lowest BCUT2D eigenvalue weighted by molar-refractivity contribution is -0.117. The van der Waals surface area contributed by atoms with Crippen molar-refractivity contribution >= 4 is 29.4 Å². The minimum Gasteiger partial charge on any atom is -0.379 e. The third-order valence-electron chi connectivity index (χ3n) is 7.30. The van der Waals surface area contributed by atoms with Crippen molar-refractivity contribution in [3.05, 3.63) is 101 Å². The first kappa shape index (κ1) is 28.5. The maximum absolute atomic E-state index is 13.5. The van der Waals surface area contributed by atoms with Crippen molar-refractivity contribution < 1.29 is 14.3 Å². The Morgan fingerprint density at radius 3 is 2.41 bits per heavy atom. The van der Waals surface area contributed by atoms with Crippen molar-refractivity contribution in [2.45, 2.75) is 13.8 Å². The highest BCUT2D eigenvalue weighted by Crippen LogP contribution is 2.26. The van der Waals surface area contributed by atoms with Gasteiger partial charge in [-0.1, -0.05) is 48.0 Å². The number of aromatic nitrogens is 2. The third-order valence-corrected chi connectivity index (χ3v) is 7.55. The second kappa shape index (κ2) is 13.1. The molecule has 1 aliphatic heterocycles. The SMILES string of the molecule is Cc1ccc(-n2cc(-c3ccc(Cl)cc3)nc2NC(=O)CN(CCN2CCOCC2)C(=O)c2ccccc2)cc1C. The number of amides is 2. The topological polar surface area (TPSA) is 79.7 Å². The van der Waals surface area contributed by atoms with Gasteiger partial charge in [0, 0.05) is 54.2 Å². The van der Waals surface area contributed by atoms with Gasteiger partial charge in [0.1, 0.15) is 6.54 Å². The summed E-state index contributed by atoms with van der Waals surface area (Å²) in [5.74, 6) is -0.133. The molecule has 4 aromatic rings. The maximum Gasteiger partial charge on any atom is 0.254 e. The molecule has 0 spiro atoms. The molecule has 41 heavy (non-hydrogen) atoms. The van der Waals surface area contributed by atoms with E-state index in [1.54, 1.807) is 17.0 Å². The normalized spacial score (nSPS) is 13.6. The molecule has 8 nitrogen and oxygen atoms in total. The first-order chi connectivity index (χ1) is 19.9. The Bertz CT molecular complexity index is 1500. The predicted octanol–water partition coefficient (Wildman–Crippen LogP) is 5.22. The van der Waals surface area contributed by atoms with Crippen LogP contribution in [0.1, 0.15) is 21.5 Å². The number of nitrogens with zero attached hydrogens (tertiary/aromatic N) is 4. The first-order valence-electron chi connectivity index (χ1n) is 13.7. The maximum atomic E-state index is 13.5. The van der Waals surface area contributed by atoms with E-state index in [0.29, 0.717) is 48.5 Å². The number of ether oxygens (including phenoxy) is 1. The lowest BCUT2D eigenvalue weighted by atomic mass is 10.1. The van der Waals surface area contributed by atoms with E-state index in [1.807, 2.05) is 65.4 Å². The van der Waals surface area contributed by atoms with E-state index in [1.165, 1.54) is 5.56 Å². The van der Waals surface area contributed by atoms with Crippen LogP contribution in [-0.4, -0.2) is 77.1 Å². The van der Waals surface area contributed by atoms with Crippen LogP contribution in [0, 0.1) is 13.8 Å². The Labute approximate surface area is 245 Å². The molecule has 1 saturated heterocycles. The number of halogens is 1. The van der Waals surface area contributed by atoms with Crippen molar-refractivity contribution in [2.24, 2.45) is 0 Å². The van der Waals surface area contributed by atoms with Gasteiger partial charge >= 0.3 is 0 Å². The molecule has 1 aromatic heterocycles. The second-order valence-corrected chi connectivity index (χ2v) is 10.6. The molecular weight excluding hydrogens is 538 g/mol. The molecule has 0 aliphatic carbocycles. The molecule has 5 rings (SSSR count). The number of hydrogen-bond donors (Lipinski definition) is 1. The molecule has 0 bridgehead atoms. The summed E-state index contributed by atoms with van der Waals surface area (Å²) in [6.45, 7) is 8.04. The van der Waals surface area contributed by atoms with Crippen molar-refractivity contribution in [3.8, 4) is 16.9 Å². The van der Waals surface area contributed by atoms with Crippen LogP contribution in [0.15, 0.2) is 79.0 Å². The molecule has 1 fully saturated rings. The van der Waals surface area contributed by atoms with E-state index in [9.17, 15) is 9.59 Å². The van der Waals surface area contributed by atoms with Crippen LogP contribution in [0.5, 0.6) is 0 Å². The molecule has 0 atom stereocenters. The highest BCUT2D eigenvalue weighted by atomic mass is 35.5. The number of carbonyl (C=O) groups excluding carboxylic acids is 2. The number of benzene rings is 3. The Hall–Kier alpha value is -3.98. The fourth-order valence-electron chi connectivity index (χ4n) is 4.74. The third kappa shape index (κ3) is 7.21. The van der Waals surface area contributed by atoms with E-state index in [2.05, 4.69) is 30.1 Å². The summed E-state index contributed by atoms with van der Waals surface area (Å²) >= 11 is 6.10. The van der Waals surface area contributed by atoms with Gasteiger partial charge in [-0.2, -0.15) is 0 Å². The minimum absolute atomic E-state index is 0.103. The summed E-state index contributed by atoms with van der Waals surface area (Å²) in [6.07, 6.45) is 1.90. The molecule has 2 amide bonds. The van der Waals surface area contributed by atoms with Crippen LogP contribution in [0.2, 0.25) is 5.02 Å². The van der Waals surface area contributed by atoms with Crippen molar-refractivity contribution in [3.63, 3.8) is 0 Å². The van der Waals surface area contributed by atoms with Crippen LogP contribution < -0.4 is 5.32 Å². The van der Waals surface area contributed by atoms with Crippen molar-refractivity contribution in [2.75, 3.05) is 51.3 Å². The van der Waals surface area contributed by atoms with E-state index in [-0.39, 0.29) is 18.4 Å². The Balaban J connectivity index is 1.40. The molecule has 1 aliphatic rings. The van der Waals surface area contributed by atoms with Gasteiger partial charge in [0.15, 0.2) is 0 Å². The van der Waals surface area contributed by atoms with Gasteiger partial charge in [0.25, 0.3) is 5.91 Å². The van der Waals surface area contributed by atoms with E-state index < -0.39 is 0 Å². The molecule has 0 unspecified atom stereocenters. The number of rotatable bonds is 9. The van der Waals surface area contributed by atoms with Crippen LogP contribution in [0.3, 0.4) is 0 Å². The predicted molar refractivity (Wildman–Crippen MR) is 162 cm³/mol. The molecular formula is C32H34ClN5O3. The number of anilines is 1. The highest BCUT2D eigenvalue weighted by Gasteiger charge is 2.22.